The summed E-state index contributed by atoms with van der Waals surface area (Å²) in [6.07, 6.45) is 3.22. The van der Waals surface area contributed by atoms with E-state index < -0.39 is 0 Å². The van der Waals surface area contributed by atoms with E-state index in [1.54, 1.807) is 0 Å². The number of nitrogens with one attached hydrogen (secondary N) is 1. The van der Waals surface area contributed by atoms with Gasteiger partial charge in [-0.25, -0.2) is 4.98 Å². The van der Waals surface area contributed by atoms with E-state index in [2.05, 4.69) is 47.0 Å². The average molecular weight is 243 g/mol. The van der Waals surface area contributed by atoms with Crippen LogP contribution in [-0.4, -0.2) is 16.1 Å². The Morgan fingerprint density at radius 2 is 1.94 bits per heavy atom. The molecule has 3 nitrogen and oxygen atoms in total. The molecule has 0 saturated carbocycles. The Kier molecular flexibility index (Phi) is 4.03. The van der Waals surface area contributed by atoms with Gasteiger partial charge in [-0.2, -0.15) is 0 Å². The summed E-state index contributed by atoms with van der Waals surface area (Å²) in [7, 11) is 0. The third-order valence-electron chi connectivity index (χ3n) is 2.87. The van der Waals surface area contributed by atoms with Crippen LogP contribution in [-0.2, 0) is 0 Å². The molecule has 3 heteroatoms. The summed E-state index contributed by atoms with van der Waals surface area (Å²) in [5.41, 5.74) is 2.18. The van der Waals surface area contributed by atoms with Gasteiger partial charge in [0.05, 0.1) is 5.69 Å². The minimum absolute atomic E-state index is 0.707. The molecule has 96 valence electrons. The molecule has 0 unspecified atom stereocenters. The van der Waals surface area contributed by atoms with Gasteiger partial charge < -0.3 is 5.32 Å². The van der Waals surface area contributed by atoms with Crippen LogP contribution in [0.2, 0.25) is 0 Å². The fraction of sp³-hybridized carbons (Fsp3) is 0.400. The average Bonchev–Trinajstić information content (AvgIpc) is 2.71. The number of hydrogen-bond acceptors (Lipinski definition) is 2. The van der Waals surface area contributed by atoms with Crippen molar-refractivity contribution >= 4 is 5.95 Å². The first-order valence-electron chi connectivity index (χ1n) is 6.52. The van der Waals surface area contributed by atoms with Crippen LogP contribution in [0.15, 0.2) is 36.5 Å². The Hall–Kier alpha value is -1.77. The van der Waals surface area contributed by atoms with Crippen molar-refractivity contribution in [1.29, 1.82) is 0 Å². The fourth-order valence-electron chi connectivity index (χ4n) is 1.88. The van der Waals surface area contributed by atoms with Gasteiger partial charge in [0.25, 0.3) is 0 Å². The molecule has 2 rings (SSSR count). The summed E-state index contributed by atoms with van der Waals surface area (Å²) in [6.45, 7) is 7.45. The van der Waals surface area contributed by atoms with Gasteiger partial charge in [0.1, 0.15) is 0 Å². The van der Waals surface area contributed by atoms with Crippen LogP contribution in [0.1, 0.15) is 26.0 Å². The molecule has 1 heterocycles. The maximum Gasteiger partial charge on any atom is 0.207 e. The van der Waals surface area contributed by atoms with E-state index in [-0.39, 0.29) is 0 Å². The van der Waals surface area contributed by atoms with Gasteiger partial charge in [-0.3, -0.25) is 4.57 Å². The topological polar surface area (TPSA) is 29.9 Å². The lowest BCUT2D eigenvalue weighted by Crippen LogP contribution is -2.09. The second-order valence-corrected chi connectivity index (χ2v) is 5.02. The molecule has 0 saturated heterocycles. The molecule has 1 aromatic heterocycles. The summed E-state index contributed by atoms with van der Waals surface area (Å²) >= 11 is 0. The fourth-order valence-corrected chi connectivity index (χ4v) is 1.88. The zero-order chi connectivity index (χ0) is 13.0. The van der Waals surface area contributed by atoms with Crippen molar-refractivity contribution in [2.45, 2.75) is 27.2 Å². The number of aromatic nitrogens is 2. The molecule has 0 atom stereocenters. The second-order valence-electron chi connectivity index (χ2n) is 5.02. The first-order chi connectivity index (χ1) is 8.66. The van der Waals surface area contributed by atoms with Crippen molar-refractivity contribution in [2.75, 3.05) is 11.9 Å². The van der Waals surface area contributed by atoms with Gasteiger partial charge in [-0.15, -0.1) is 0 Å². The van der Waals surface area contributed by atoms with E-state index in [9.17, 15) is 0 Å². The van der Waals surface area contributed by atoms with Crippen LogP contribution in [0.3, 0.4) is 0 Å². The third kappa shape index (κ3) is 3.13. The first kappa shape index (κ1) is 12.7. The van der Waals surface area contributed by atoms with Crippen LogP contribution in [0, 0.1) is 12.8 Å². The highest BCUT2D eigenvalue weighted by Crippen LogP contribution is 2.16. The molecule has 0 bridgehead atoms. The molecule has 2 aromatic rings. The Morgan fingerprint density at radius 3 is 2.61 bits per heavy atom. The number of benzene rings is 1. The number of para-hydroxylation sites is 1. The number of rotatable bonds is 5. The second kappa shape index (κ2) is 5.71. The zero-order valence-corrected chi connectivity index (χ0v) is 11.4. The predicted octanol–water partition coefficient (Wildman–Crippen LogP) is 3.64. The van der Waals surface area contributed by atoms with Crippen LogP contribution in [0.5, 0.6) is 0 Å². The Balaban J connectivity index is 2.16. The van der Waals surface area contributed by atoms with Crippen LogP contribution < -0.4 is 5.32 Å². The normalized spacial score (nSPS) is 10.9. The van der Waals surface area contributed by atoms with E-state index >= 15 is 0 Å². The predicted molar refractivity (Wildman–Crippen MR) is 76.2 cm³/mol. The molecular formula is C15H21N3. The molecule has 18 heavy (non-hydrogen) atoms. The van der Waals surface area contributed by atoms with Gasteiger partial charge in [-0.05, 0) is 31.4 Å². The van der Waals surface area contributed by atoms with Crippen molar-refractivity contribution < 1.29 is 0 Å². The van der Waals surface area contributed by atoms with Gasteiger partial charge >= 0.3 is 0 Å². The Labute approximate surface area is 109 Å². The summed E-state index contributed by atoms with van der Waals surface area (Å²) in [4.78, 5) is 4.54. The lowest BCUT2D eigenvalue weighted by Gasteiger charge is -2.10. The lowest BCUT2D eigenvalue weighted by molar-refractivity contribution is 0.605. The molecule has 0 amide bonds. The van der Waals surface area contributed by atoms with Crippen LogP contribution in [0.4, 0.5) is 5.95 Å². The van der Waals surface area contributed by atoms with Gasteiger partial charge in [0.2, 0.25) is 5.95 Å². The van der Waals surface area contributed by atoms with E-state index in [1.165, 1.54) is 0 Å². The lowest BCUT2D eigenvalue weighted by atomic mass is 10.1. The first-order valence-corrected chi connectivity index (χ1v) is 6.52. The van der Waals surface area contributed by atoms with Gasteiger partial charge in [0, 0.05) is 18.4 Å². The molecule has 0 aliphatic carbocycles. The van der Waals surface area contributed by atoms with Crippen molar-refractivity contribution in [2.24, 2.45) is 5.92 Å². The molecule has 0 aliphatic heterocycles. The third-order valence-corrected chi connectivity index (χ3v) is 2.87. The maximum absolute atomic E-state index is 4.54. The minimum atomic E-state index is 0.707. The number of imidazole rings is 1. The van der Waals surface area contributed by atoms with Crippen molar-refractivity contribution in [3.63, 3.8) is 0 Å². The quantitative estimate of drug-likeness (QED) is 0.869. The molecule has 1 N–H and O–H groups in total. The molecule has 0 spiro atoms. The summed E-state index contributed by atoms with van der Waals surface area (Å²) in [5.74, 6) is 1.64. The SMILES string of the molecule is Cc1cn(-c2ccccc2)c(NCCC(C)C)n1. The minimum Gasteiger partial charge on any atom is -0.355 e. The highest BCUT2D eigenvalue weighted by atomic mass is 15.2. The Bertz CT molecular complexity index is 486. The summed E-state index contributed by atoms with van der Waals surface area (Å²) in [5, 5.41) is 3.42. The van der Waals surface area contributed by atoms with Crippen molar-refractivity contribution in [1.82, 2.24) is 9.55 Å². The molecule has 0 fully saturated rings. The summed E-state index contributed by atoms with van der Waals surface area (Å²) < 4.78 is 2.11. The molecule has 0 radical (unpaired) electrons. The van der Waals surface area contributed by atoms with Gasteiger partial charge in [0.15, 0.2) is 0 Å². The smallest absolute Gasteiger partial charge is 0.207 e. The van der Waals surface area contributed by atoms with Crippen molar-refractivity contribution in [3.05, 3.63) is 42.2 Å². The van der Waals surface area contributed by atoms with Crippen molar-refractivity contribution in [3.8, 4) is 5.69 Å². The van der Waals surface area contributed by atoms with Crippen LogP contribution >= 0.6 is 0 Å². The summed E-state index contributed by atoms with van der Waals surface area (Å²) in [6, 6.07) is 10.3. The number of aryl methyl sites for hydroxylation is 1. The van der Waals surface area contributed by atoms with Crippen LogP contribution in [0.25, 0.3) is 5.69 Å². The number of nitrogens with zero attached hydrogens (tertiary/aromatic N) is 2. The zero-order valence-electron chi connectivity index (χ0n) is 11.4. The van der Waals surface area contributed by atoms with E-state index in [1.807, 2.05) is 25.1 Å². The standard InChI is InChI=1S/C15H21N3/c1-12(2)9-10-16-15-17-13(3)11-18(15)14-7-5-4-6-8-14/h4-8,11-12H,9-10H2,1-3H3,(H,16,17). The molecule has 0 aliphatic rings. The largest absolute Gasteiger partial charge is 0.355 e. The highest BCUT2D eigenvalue weighted by Gasteiger charge is 2.06. The number of hydrogen-bond donors (Lipinski definition) is 1. The van der Waals surface area contributed by atoms with E-state index in [0.717, 1.165) is 30.3 Å². The molecule has 1 aromatic carbocycles. The molecular weight excluding hydrogens is 222 g/mol. The monoisotopic (exact) mass is 243 g/mol. The van der Waals surface area contributed by atoms with E-state index in [0.29, 0.717) is 5.92 Å². The Morgan fingerprint density at radius 1 is 1.22 bits per heavy atom. The number of anilines is 1. The maximum atomic E-state index is 4.54. The highest BCUT2D eigenvalue weighted by molar-refractivity contribution is 5.42. The van der Waals surface area contributed by atoms with Gasteiger partial charge in [-0.1, -0.05) is 32.0 Å². The van der Waals surface area contributed by atoms with E-state index in [4.69, 9.17) is 0 Å².